The minimum absolute atomic E-state index is 0.170. The summed E-state index contributed by atoms with van der Waals surface area (Å²) in [6.45, 7) is 4.86. The molecule has 2 aromatic carbocycles. The van der Waals surface area contributed by atoms with Crippen LogP contribution in [-0.4, -0.2) is 36.9 Å². The Balaban J connectivity index is 1.82. The number of aliphatic imine (C=N–C) groups is 1. The highest BCUT2D eigenvalue weighted by Crippen LogP contribution is 2.38. The fourth-order valence-corrected chi connectivity index (χ4v) is 4.07. The third-order valence-corrected chi connectivity index (χ3v) is 6.46. The Morgan fingerprint density at radius 1 is 1.29 bits per heavy atom. The van der Waals surface area contributed by atoms with Gasteiger partial charge in [-0.2, -0.15) is 0 Å². The lowest BCUT2D eigenvalue weighted by molar-refractivity contribution is 0.112. The lowest BCUT2D eigenvalue weighted by Gasteiger charge is -2.17. The Hall–Kier alpha value is -2.25. The molecule has 2 aromatic rings. The quantitative estimate of drug-likeness (QED) is 0.126. The molecule has 0 aromatic heterocycles. The van der Waals surface area contributed by atoms with Gasteiger partial charge in [-0.15, -0.1) is 0 Å². The second-order valence-corrected chi connectivity index (χ2v) is 9.05. The lowest BCUT2D eigenvalue weighted by atomic mass is 10.1. The number of hydrogen-bond donors (Lipinski definition) is 2. The fraction of sp³-hybridized carbons (Fsp3) is 0.391. The van der Waals surface area contributed by atoms with E-state index in [2.05, 4.69) is 22.0 Å². The van der Waals surface area contributed by atoms with E-state index in [0.717, 1.165) is 30.9 Å². The first-order chi connectivity index (χ1) is 14.9. The van der Waals surface area contributed by atoms with Crippen LogP contribution in [0.3, 0.4) is 0 Å². The van der Waals surface area contributed by atoms with Crippen LogP contribution < -0.4 is 10.0 Å². The first-order valence-corrected chi connectivity index (χ1v) is 11.8. The molecule has 0 saturated heterocycles. The van der Waals surface area contributed by atoms with Gasteiger partial charge in [-0.3, -0.25) is 4.79 Å². The van der Waals surface area contributed by atoms with Crippen LogP contribution in [-0.2, 0) is 0 Å². The van der Waals surface area contributed by atoms with Gasteiger partial charge >= 0.3 is 0 Å². The number of carbonyl (C=O) groups excluding carboxylic acids is 1. The van der Waals surface area contributed by atoms with Gasteiger partial charge in [0.2, 0.25) is 0 Å². The highest BCUT2D eigenvalue weighted by Gasteiger charge is 2.22. The summed E-state index contributed by atoms with van der Waals surface area (Å²) in [5.74, 6) is 1.20. The molecular weight excluding hydrogens is 435 g/mol. The summed E-state index contributed by atoms with van der Waals surface area (Å²) in [4.78, 5) is 18.3. The molecule has 31 heavy (non-hydrogen) atoms. The molecule has 0 aliphatic heterocycles. The van der Waals surface area contributed by atoms with Gasteiger partial charge < -0.3 is 14.9 Å². The van der Waals surface area contributed by atoms with Gasteiger partial charge in [0.15, 0.2) is 6.29 Å². The summed E-state index contributed by atoms with van der Waals surface area (Å²) in [5, 5.41) is 3.33. The van der Waals surface area contributed by atoms with Crippen LogP contribution in [0.4, 0.5) is 27.1 Å². The van der Waals surface area contributed by atoms with Crippen molar-refractivity contribution < 1.29 is 9.18 Å². The summed E-state index contributed by atoms with van der Waals surface area (Å²) in [6, 6.07) is 6.53. The molecule has 0 heterocycles. The lowest BCUT2D eigenvalue weighted by Crippen LogP contribution is -2.18. The first-order valence-electron chi connectivity index (χ1n) is 10.4. The molecule has 0 radical (unpaired) electrons. The molecule has 5 nitrogen and oxygen atoms in total. The van der Waals surface area contributed by atoms with Crippen molar-refractivity contribution in [2.45, 2.75) is 33.1 Å². The van der Waals surface area contributed by atoms with E-state index in [1.807, 2.05) is 18.9 Å². The topological polar surface area (TPSA) is 56.7 Å². The van der Waals surface area contributed by atoms with Crippen molar-refractivity contribution in [3.05, 3.63) is 46.2 Å². The maximum absolute atomic E-state index is 14.5. The molecular formula is C23H28ClFN4OS. The number of anilines is 3. The van der Waals surface area contributed by atoms with Crippen LogP contribution in [0.25, 0.3) is 0 Å². The van der Waals surface area contributed by atoms with Crippen molar-refractivity contribution in [1.29, 1.82) is 0 Å². The summed E-state index contributed by atoms with van der Waals surface area (Å²) in [7, 11) is 1.98. The number of nitrogens with zero attached hydrogens (tertiary/aromatic N) is 2. The largest absolute Gasteiger partial charge is 0.365 e. The zero-order valence-corrected chi connectivity index (χ0v) is 19.6. The predicted octanol–water partition coefficient (Wildman–Crippen LogP) is 6.82. The van der Waals surface area contributed by atoms with Gasteiger partial charge in [-0.1, -0.05) is 30.5 Å². The number of halogens is 2. The minimum Gasteiger partial charge on any atom is -0.365 e. The standard InChI is InChI=1S/C23H28ClFN4OS/c1-4-11-31-28-21-8-7-18(25)23(22(21)24)27-19-9-10-20(17(13-30)15(19)2)26-14-29(3)12-16-5-6-16/h7-10,13-14,16,27-28H,4-6,11-12H2,1-3H3. The van der Waals surface area contributed by atoms with Crippen molar-refractivity contribution in [1.82, 2.24) is 4.90 Å². The fourth-order valence-electron chi connectivity index (χ4n) is 3.14. The average molecular weight is 463 g/mol. The third kappa shape index (κ3) is 6.14. The van der Waals surface area contributed by atoms with Crippen molar-refractivity contribution in [2.75, 3.05) is 29.4 Å². The van der Waals surface area contributed by atoms with E-state index >= 15 is 0 Å². The van der Waals surface area contributed by atoms with E-state index in [9.17, 15) is 9.18 Å². The third-order valence-electron chi connectivity index (χ3n) is 5.09. The van der Waals surface area contributed by atoms with Crippen molar-refractivity contribution in [3.63, 3.8) is 0 Å². The molecule has 8 heteroatoms. The Bertz CT molecular complexity index is 965. The maximum atomic E-state index is 14.5. The number of nitrogens with one attached hydrogen (secondary N) is 2. The van der Waals surface area contributed by atoms with Crippen molar-refractivity contribution in [2.24, 2.45) is 10.9 Å². The van der Waals surface area contributed by atoms with Crippen LogP contribution in [0.2, 0.25) is 5.02 Å². The van der Waals surface area contributed by atoms with Gasteiger partial charge in [-0.05, 0) is 61.9 Å². The Kier molecular flexibility index (Phi) is 8.21. The summed E-state index contributed by atoms with van der Waals surface area (Å²) < 4.78 is 17.7. The van der Waals surface area contributed by atoms with E-state index in [0.29, 0.717) is 28.2 Å². The second-order valence-electron chi connectivity index (χ2n) is 7.78. The Morgan fingerprint density at radius 3 is 2.71 bits per heavy atom. The van der Waals surface area contributed by atoms with Gasteiger partial charge in [0.25, 0.3) is 0 Å². The molecule has 1 fully saturated rings. The molecule has 0 bridgehead atoms. The molecule has 0 spiro atoms. The molecule has 1 aliphatic rings. The van der Waals surface area contributed by atoms with Crippen molar-refractivity contribution in [3.8, 4) is 0 Å². The van der Waals surface area contributed by atoms with Crippen LogP contribution >= 0.6 is 23.5 Å². The van der Waals surface area contributed by atoms with Gasteiger partial charge in [0.05, 0.1) is 28.4 Å². The van der Waals surface area contributed by atoms with Gasteiger partial charge in [-0.25, -0.2) is 9.38 Å². The number of rotatable bonds is 11. The zero-order chi connectivity index (χ0) is 22.4. The highest BCUT2D eigenvalue weighted by molar-refractivity contribution is 8.00. The van der Waals surface area contributed by atoms with E-state index in [-0.39, 0.29) is 10.7 Å². The molecule has 3 rings (SSSR count). The number of hydrogen-bond acceptors (Lipinski definition) is 5. The molecule has 1 saturated carbocycles. The molecule has 166 valence electrons. The van der Waals surface area contributed by atoms with E-state index in [1.165, 1.54) is 30.9 Å². The summed E-state index contributed by atoms with van der Waals surface area (Å²) >= 11 is 7.97. The number of carbonyl (C=O) groups is 1. The molecule has 2 N–H and O–H groups in total. The molecule has 0 atom stereocenters. The minimum atomic E-state index is -0.466. The van der Waals surface area contributed by atoms with Crippen LogP contribution in [0.15, 0.2) is 29.3 Å². The van der Waals surface area contributed by atoms with E-state index < -0.39 is 5.82 Å². The van der Waals surface area contributed by atoms with Crippen LogP contribution in [0.5, 0.6) is 0 Å². The zero-order valence-electron chi connectivity index (χ0n) is 18.0. The maximum Gasteiger partial charge on any atom is 0.152 e. The smallest absolute Gasteiger partial charge is 0.152 e. The second kappa shape index (κ2) is 10.9. The van der Waals surface area contributed by atoms with Crippen molar-refractivity contribution >= 4 is 58.9 Å². The summed E-state index contributed by atoms with van der Waals surface area (Å²) in [5.41, 5.74) is 3.14. The molecule has 1 aliphatic carbocycles. The normalized spacial score (nSPS) is 13.5. The predicted molar refractivity (Wildman–Crippen MR) is 131 cm³/mol. The summed E-state index contributed by atoms with van der Waals surface area (Å²) in [6.07, 6.45) is 6.09. The molecule has 0 amide bonds. The monoisotopic (exact) mass is 462 g/mol. The van der Waals surface area contributed by atoms with Gasteiger partial charge in [0, 0.05) is 30.6 Å². The molecule has 0 unspecified atom stereocenters. The average Bonchev–Trinajstić information content (AvgIpc) is 3.56. The highest BCUT2D eigenvalue weighted by atomic mass is 35.5. The van der Waals surface area contributed by atoms with Gasteiger partial charge in [0.1, 0.15) is 5.82 Å². The van der Waals surface area contributed by atoms with Crippen LogP contribution in [0, 0.1) is 18.7 Å². The number of aldehydes is 1. The number of benzene rings is 2. The Morgan fingerprint density at radius 2 is 2.03 bits per heavy atom. The SMILES string of the molecule is CCCSNc1ccc(F)c(Nc2ccc(N=CN(C)CC3CC3)c(C=O)c2C)c1Cl. The van der Waals surface area contributed by atoms with E-state index in [4.69, 9.17) is 11.6 Å². The Labute approximate surface area is 192 Å². The van der Waals surface area contributed by atoms with Crippen LogP contribution in [0.1, 0.15) is 42.1 Å². The van der Waals surface area contributed by atoms with E-state index in [1.54, 1.807) is 24.5 Å². The first kappa shape index (κ1) is 23.4.